The molecule has 1 saturated heterocycles. The van der Waals surface area contributed by atoms with Gasteiger partial charge in [0.15, 0.2) is 14.6 Å². The maximum absolute atomic E-state index is 9.46. The molecule has 0 radical (unpaired) electrons. The van der Waals surface area contributed by atoms with E-state index in [9.17, 15) is 5.11 Å². The Kier molecular flexibility index (Phi) is 5.40. The minimum Gasteiger partial charge on any atom is -0.411 e. The molecule has 0 aromatic heterocycles. The Morgan fingerprint density at radius 3 is 2.53 bits per heavy atom. The van der Waals surface area contributed by atoms with Crippen LogP contribution in [0, 0.1) is 0 Å². The molecule has 0 spiro atoms. The highest BCUT2D eigenvalue weighted by Crippen LogP contribution is 2.38. The molecule has 0 aromatic rings. The molecule has 1 aliphatic heterocycles. The molecule has 19 heavy (non-hydrogen) atoms. The number of nitrogens with zero attached hydrogens (tertiary/aromatic N) is 3. The second kappa shape index (κ2) is 6.24. The van der Waals surface area contributed by atoms with Crippen LogP contribution in [0.5, 0.6) is 0 Å². The first-order valence-electron chi connectivity index (χ1n) is 6.69. The Balaban J connectivity index is 2.77. The fourth-order valence-electron chi connectivity index (χ4n) is 1.82. The van der Waals surface area contributed by atoms with E-state index in [1.54, 1.807) is 0 Å². The summed E-state index contributed by atoms with van der Waals surface area (Å²) < 4.78 is 11.7. The summed E-state index contributed by atoms with van der Waals surface area (Å²) in [6, 6.07) is 0. The second-order valence-electron chi connectivity index (χ2n) is 6.54. The zero-order valence-electron chi connectivity index (χ0n) is 12.5. The van der Waals surface area contributed by atoms with Crippen LogP contribution in [-0.4, -0.2) is 38.5 Å². The van der Waals surface area contributed by atoms with E-state index in [4.69, 9.17) is 14.7 Å². The Bertz CT molecular complexity index is 351. The first kappa shape index (κ1) is 16.5. The monoisotopic (exact) mass is 287 g/mol. The van der Waals surface area contributed by atoms with Crippen molar-refractivity contribution in [2.75, 3.05) is 6.54 Å². The van der Waals surface area contributed by atoms with Crippen LogP contribution in [0.15, 0.2) is 5.11 Å². The summed E-state index contributed by atoms with van der Waals surface area (Å²) in [5, 5.41) is 13.2. The average Bonchev–Trinajstić information content (AvgIpc) is 2.69. The van der Waals surface area contributed by atoms with Crippen molar-refractivity contribution in [2.45, 2.75) is 70.2 Å². The normalized spacial score (nSPS) is 26.0. The summed E-state index contributed by atoms with van der Waals surface area (Å²) >= 11 is 0. The summed E-state index contributed by atoms with van der Waals surface area (Å²) in [7, 11) is -1.95. The largest absolute Gasteiger partial charge is 0.411 e. The predicted molar refractivity (Wildman–Crippen MR) is 76.2 cm³/mol. The molecule has 1 N–H and O–H groups in total. The van der Waals surface area contributed by atoms with Crippen molar-refractivity contribution in [1.82, 2.24) is 0 Å². The maximum Gasteiger partial charge on any atom is 0.192 e. The Morgan fingerprint density at radius 2 is 2.11 bits per heavy atom. The van der Waals surface area contributed by atoms with Gasteiger partial charge < -0.3 is 14.3 Å². The molecule has 6 nitrogen and oxygen atoms in total. The Labute approximate surface area is 115 Å². The third kappa shape index (κ3) is 4.47. The highest BCUT2D eigenvalue weighted by Gasteiger charge is 2.42. The highest BCUT2D eigenvalue weighted by atomic mass is 28.4. The van der Waals surface area contributed by atoms with Gasteiger partial charge in [-0.2, -0.15) is 0 Å². The van der Waals surface area contributed by atoms with E-state index in [0.29, 0.717) is 6.42 Å². The molecule has 7 heteroatoms. The molecule has 0 aromatic carbocycles. The van der Waals surface area contributed by atoms with Crippen LogP contribution in [-0.2, 0) is 9.16 Å². The lowest BCUT2D eigenvalue weighted by Gasteiger charge is -2.40. The van der Waals surface area contributed by atoms with Crippen LogP contribution in [0.4, 0.5) is 0 Å². The molecular weight excluding hydrogens is 262 g/mol. The van der Waals surface area contributed by atoms with E-state index in [0.717, 1.165) is 6.42 Å². The van der Waals surface area contributed by atoms with Gasteiger partial charge in [-0.1, -0.05) is 25.9 Å². The van der Waals surface area contributed by atoms with Crippen molar-refractivity contribution in [3.8, 4) is 0 Å². The summed E-state index contributed by atoms with van der Waals surface area (Å²) in [6.45, 7) is 11.0. The van der Waals surface area contributed by atoms with Gasteiger partial charge >= 0.3 is 0 Å². The molecule has 3 atom stereocenters. The highest BCUT2D eigenvalue weighted by molar-refractivity contribution is 6.74. The van der Waals surface area contributed by atoms with Crippen molar-refractivity contribution < 1.29 is 14.3 Å². The van der Waals surface area contributed by atoms with Crippen LogP contribution in [0.2, 0.25) is 18.1 Å². The lowest BCUT2D eigenvalue weighted by Crippen LogP contribution is -2.48. The summed E-state index contributed by atoms with van der Waals surface area (Å²) in [6.07, 6.45) is 0.171. The van der Waals surface area contributed by atoms with Crippen LogP contribution in [0.1, 0.15) is 33.6 Å². The van der Waals surface area contributed by atoms with Gasteiger partial charge in [-0.05, 0) is 30.1 Å². The minimum atomic E-state index is -1.95. The van der Waals surface area contributed by atoms with Crippen molar-refractivity contribution in [3.63, 3.8) is 0 Å². The number of hydrogen-bond donors (Lipinski definition) is 1. The van der Waals surface area contributed by atoms with Crippen molar-refractivity contribution in [1.29, 1.82) is 0 Å². The predicted octanol–water partition coefficient (Wildman–Crippen LogP) is 3.18. The fourth-order valence-corrected chi connectivity index (χ4v) is 3.16. The standard InChI is InChI=1S/C12H25N3O3Si/c1-12(2,3)19(4,5)18-10(8-14-15-13)9-6-7-11(16)17-9/h9-11,16H,6-8H2,1-5H3/t9-,10+,11?/m0/s1. The van der Waals surface area contributed by atoms with E-state index >= 15 is 0 Å². The van der Waals surface area contributed by atoms with Crippen LogP contribution in [0.25, 0.3) is 10.4 Å². The third-order valence-corrected chi connectivity index (χ3v) is 8.53. The van der Waals surface area contributed by atoms with Gasteiger partial charge in [0.25, 0.3) is 0 Å². The smallest absolute Gasteiger partial charge is 0.192 e. The molecule has 1 fully saturated rings. The van der Waals surface area contributed by atoms with E-state index < -0.39 is 14.6 Å². The third-order valence-electron chi connectivity index (χ3n) is 4.02. The van der Waals surface area contributed by atoms with Gasteiger partial charge in [-0.15, -0.1) is 0 Å². The molecule has 0 aliphatic carbocycles. The molecule has 0 saturated carbocycles. The number of aliphatic hydroxyl groups excluding tert-OH is 1. The summed E-state index contributed by atoms with van der Waals surface area (Å²) in [4.78, 5) is 2.80. The number of ether oxygens (including phenoxy) is 1. The summed E-state index contributed by atoms with van der Waals surface area (Å²) in [5.41, 5.74) is 8.49. The maximum atomic E-state index is 9.46. The van der Waals surface area contributed by atoms with E-state index in [-0.39, 0.29) is 23.8 Å². The first-order chi connectivity index (χ1) is 8.67. The van der Waals surface area contributed by atoms with Crippen LogP contribution < -0.4 is 0 Å². The van der Waals surface area contributed by atoms with Gasteiger partial charge in [-0.3, -0.25) is 0 Å². The lowest BCUT2D eigenvalue weighted by molar-refractivity contribution is -0.116. The lowest BCUT2D eigenvalue weighted by atomic mass is 10.1. The number of azide groups is 1. The van der Waals surface area contributed by atoms with Gasteiger partial charge in [-0.25, -0.2) is 0 Å². The van der Waals surface area contributed by atoms with Gasteiger partial charge in [0.05, 0.1) is 18.8 Å². The molecule has 1 heterocycles. The van der Waals surface area contributed by atoms with Crippen LogP contribution >= 0.6 is 0 Å². The van der Waals surface area contributed by atoms with Crippen molar-refractivity contribution >= 4 is 8.32 Å². The summed E-state index contributed by atoms with van der Waals surface area (Å²) in [5.74, 6) is 0. The average molecular weight is 287 g/mol. The molecule has 0 bridgehead atoms. The topological polar surface area (TPSA) is 87.5 Å². The number of hydrogen-bond acceptors (Lipinski definition) is 4. The Morgan fingerprint density at radius 1 is 1.47 bits per heavy atom. The van der Waals surface area contributed by atoms with E-state index in [1.807, 2.05) is 0 Å². The van der Waals surface area contributed by atoms with E-state index in [1.165, 1.54) is 0 Å². The molecule has 110 valence electrons. The van der Waals surface area contributed by atoms with Gasteiger partial charge in [0.1, 0.15) is 0 Å². The van der Waals surface area contributed by atoms with Gasteiger partial charge in [0, 0.05) is 11.3 Å². The van der Waals surface area contributed by atoms with E-state index in [2.05, 4.69) is 43.9 Å². The molecule has 1 aliphatic rings. The van der Waals surface area contributed by atoms with Crippen LogP contribution in [0.3, 0.4) is 0 Å². The zero-order chi connectivity index (χ0) is 14.7. The van der Waals surface area contributed by atoms with Crippen molar-refractivity contribution in [2.24, 2.45) is 5.11 Å². The minimum absolute atomic E-state index is 0.0822. The quantitative estimate of drug-likeness (QED) is 0.364. The number of aliphatic hydroxyl groups is 1. The second-order valence-corrected chi connectivity index (χ2v) is 11.3. The Hall–Kier alpha value is -0.593. The molecule has 0 amide bonds. The first-order valence-corrected chi connectivity index (χ1v) is 9.60. The molecule has 1 unspecified atom stereocenters. The zero-order valence-corrected chi connectivity index (χ0v) is 13.5. The molecule has 1 rings (SSSR count). The fraction of sp³-hybridized carbons (Fsp3) is 1.00. The SMILES string of the molecule is CC(C)(C)[Si](C)(C)O[C@H](CN=[N+]=[N-])[C@@H]1CCC(O)O1. The van der Waals surface area contributed by atoms with Gasteiger partial charge in [0.2, 0.25) is 0 Å². The number of rotatable bonds is 5. The van der Waals surface area contributed by atoms with Crippen molar-refractivity contribution in [3.05, 3.63) is 10.4 Å². The molecular formula is C12H25N3O3Si.